The van der Waals surface area contributed by atoms with Gasteiger partial charge in [0.25, 0.3) is 0 Å². The Morgan fingerprint density at radius 2 is 2.13 bits per heavy atom. The molecule has 0 saturated heterocycles. The van der Waals surface area contributed by atoms with Crippen LogP contribution in [0.15, 0.2) is 17.6 Å². The van der Waals surface area contributed by atoms with E-state index in [4.69, 9.17) is 14.5 Å². The number of nitrogens with zero attached hydrogens (tertiary/aromatic N) is 2. The highest BCUT2D eigenvalue weighted by Crippen LogP contribution is 2.46. The number of hydrogen-bond acceptors (Lipinski definition) is 5. The van der Waals surface area contributed by atoms with Gasteiger partial charge in [-0.1, -0.05) is 6.07 Å². The van der Waals surface area contributed by atoms with Gasteiger partial charge in [0.1, 0.15) is 5.75 Å². The van der Waals surface area contributed by atoms with E-state index in [1.807, 2.05) is 20.2 Å². The van der Waals surface area contributed by atoms with E-state index in [1.54, 1.807) is 22.9 Å². The number of halogens is 1. The van der Waals surface area contributed by atoms with Crippen molar-refractivity contribution in [3.63, 3.8) is 0 Å². The lowest BCUT2D eigenvalue weighted by Crippen LogP contribution is -2.12. The Morgan fingerprint density at radius 3 is 2.78 bits per heavy atom. The first kappa shape index (κ1) is 18.4. The maximum Gasteiger partial charge on any atom is 0.362 e. The highest BCUT2D eigenvalue weighted by molar-refractivity contribution is 7.51. The Kier molecular flexibility index (Phi) is 5.51. The van der Waals surface area contributed by atoms with E-state index in [2.05, 4.69) is 9.88 Å². The van der Waals surface area contributed by atoms with Crippen molar-refractivity contribution in [3.05, 3.63) is 33.6 Å². The van der Waals surface area contributed by atoms with Gasteiger partial charge < -0.3 is 19.4 Å². The highest BCUT2D eigenvalue weighted by atomic mass is 35.5. The molecule has 0 aliphatic heterocycles. The second-order valence-electron chi connectivity index (χ2n) is 5.55. The van der Waals surface area contributed by atoms with Gasteiger partial charge in [0.05, 0.1) is 11.2 Å². The largest absolute Gasteiger partial charge is 0.480 e. The van der Waals surface area contributed by atoms with E-state index >= 15 is 0 Å². The van der Waals surface area contributed by atoms with Crippen molar-refractivity contribution in [3.8, 4) is 17.0 Å². The molecule has 1 heterocycles. The van der Waals surface area contributed by atoms with Gasteiger partial charge in [0, 0.05) is 23.4 Å². The van der Waals surface area contributed by atoms with Gasteiger partial charge in [0.2, 0.25) is 0 Å². The topological polar surface area (TPSA) is 82.9 Å². The summed E-state index contributed by atoms with van der Waals surface area (Å²) in [7, 11) is -0.194. The summed E-state index contributed by atoms with van der Waals surface area (Å²) >= 11 is 1.59. The van der Waals surface area contributed by atoms with Gasteiger partial charge in [-0.05, 0) is 31.3 Å². The zero-order valence-corrected chi connectivity index (χ0v) is 15.2. The first-order valence-corrected chi connectivity index (χ1v) is 9.42. The predicted octanol–water partition coefficient (Wildman–Crippen LogP) is 2.71. The number of fused-ring (bicyclic) bond motifs is 3. The summed E-state index contributed by atoms with van der Waals surface area (Å²) in [6.07, 6.45) is 0.178. The third-order valence-electron chi connectivity index (χ3n) is 3.46. The summed E-state index contributed by atoms with van der Waals surface area (Å²) in [5.41, 5.74) is 5.88. The molecule has 3 rings (SSSR count). The molecular formula is C14H18ClN2O4PS. The Bertz CT molecular complexity index is 759. The first-order chi connectivity index (χ1) is 10.3. The molecular weight excluding hydrogens is 359 g/mol. The lowest BCUT2D eigenvalue weighted by atomic mass is 10.0. The normalized spacial score (nSPS) is 12.7. The van der Waals surface area contributed by atoms with E-state index in [-0.39, 0.29) is 12.4 Å². The predicted molar refractivity (Wildman–Crippen MR) is 92.5 cm³/mol. The zero-order chi connectivity index (χ0) is 15.9. The van der Waals surface area contributed by atoms with Crippen molar-refractivity contribution in [2.45, 2.75) is 13.0 Å². The average Bonchev–Trinajstić information content (AvgIpc) is 2.97. The maximum absolute atomic E-state index is 11.1. The number of hydrogen-bond donors (Lipinski definition) is 2. The minimum atomic E-state index is -4.21. The molecule has 0 atom stereocenters. The second-order valence-corrected chi connectivity index (χ2v) is 8.08. The molecule has 0 fully saturated rings. The molecule has 2 aromatic rings. The Morgan fingerprint density at radius 1 is 1.39 bits per heavy atom. The van der Waals surface area contributed by atoms with Gasteiger partial charge in [-0.3, -0.25) is 4.57 Å². The van der Waals surface area contributed by atoms with E-state index in [0.717, 1.165) is 29.8 Å². The van der Waals surface area contributed by atoms with Crippen molar-refractivity contribution >= 4 is 31.3 Å². The van der Waals surface area contributed by atoms with Crippen molar-refractivity contribution in [2.24, 2.45) is 0 Å². The quantitative estimate of drug-likeness (QED) is 0.666. The fourth-order valence-electron chi connectivity index (χ4n) is 2.65. The van der Waals surface area contributed by atoms with E-state index in [9.17, 15) is 4.57 Å². The van der Waals surface area contributed by atoms with Crippen molar-refractivity contribution < 1.29 is 19.1 Å². The minimum absolute atomic E-state index is 0. The molecule has 1 aliphatic rings. The van der Waals surface area contributed by atoms with Crippen LogP contribution in [-0.4, -0.2) is 40.1 Å². The van der Waals surface area contributed by atoms with Crippen LogP contribution in [0.1, 0.15) is 16.0 Å². The number of benzene rings is 1. The fourth-order valence-corrected chi connectivity index (χ4v) is 3.74. The summed E-state index contributed by atoms with van der Waals surface area (Å²) in [5.74, 6) is 0.491. The average molecular weight is 377 g/mol. The number of thiazole rings is 1. The summed E-state index contributed by atoms with van der Waals surface area (Å²) in [5, 5.41) is 0. The molecule has 23 heavy (non-hydrogen) atoms. The summed E-state index contributed by atoms with van der Waals surface area (Å²) in [6, 6.07) is 3.74. The van der Waals surface area contributed by atoms with Crippen LogP contribution in [0, 0.1) is 0 Å². The van der Waals surface area contributed by atoms with Crippen molar-refractivity contribution in [2.75, 3.05) is 20.4 Å². The molecule has 6 nitrogen and oxygen atoms in total. The second kappa shape index (κ2) is 6.89. The van der Waals surface area contributed by atoms with Crippen LogP contribution in [0.2, 0.25) is 0 Å². The summed E-state index contributed by atoms with van der Waals surface area (Å²) in [6.45, 7) is 0.802. The van der Waals surface area contributed by atoms with Crippen LogP contribution in [0.3, 0.4) is 0 Å². The minimum Gasteiger partial charge on any atom is -0.480 e. The molecule has 2 N–H and O–H groups in total. The highest BCUT2D eigenvalue weighted by Gasteiger charge is 2.28. The summed E-state index contributed by atoms with van der Waals surface area (Å²) in [4.78, 5) is 25.7. The lowest BCUT2D eigenvalue weighted by molar-refractivity contribution is 0.301. The standard InChI is InChI=1S/C14H17N2O4PS.ClH/c1-16(2)6-9-3-4-11(20-8-21(17,18)19)13-10(9)5-12-14(13)15-7-22-12;/h3-4,7H,5-6,8H2,1-2H3,(H2,17,18,19);1H. The van der Waals surface area contributed by atoms with Crippen molar-refractivity contribution in [1.82, 2.24) is 9.88 Å². The Balaban J connectivity index is 0.00000192. The number of rotatable bonds is 5. The van der Waals surface area contributed by atoms with Crippen molar-refractivity contribution in [1.29, 1.82) is 0 Å². The summed E-state index contributed by atoms with van der Waals surface area (Å²) < 4.78 is 16.4. The third-order valence-corrected chi connectivity index (χ3v) is 4.76. The van der Waals surface area contributed by atoms with Crippen LogP contribution in [-0.2, 0) is 17.5 Å². The maximum atomic E-state index is 11.1. The lowest BCUT2D eigenvalue weighted by Gasteiger charge is -2.17. The third kappa shape index (κ3) is 3.94. The zero-order valence-electron chi connectivity index (χ0n) is 12.7. The van der Waals surface area contributed by atoms with E-state index in [1.165, 1.54) is 10.4 Å². The van der Waals surface area contributed by atoms with Crippen LogP contribution in [0.5, 0.6) is 5.75 Å². The molecule has 0 amide bonds. The monoisotopic (exact) mass is 376 g/mol. The molecule has 0 unspecified atom stereocenters. The molecule has 9 heteroatoms. The molecule has 0 radical (unpaired) electrons. The van der Waals surface area contributed by atoms with Gasteiger partial charge in [0.15, 0.2) is 6.35 Å². The molecule has 0 saturated carbocycles. The molecule has 0 spiro atoms. The first-order valence-electron chi connectivity index (χ1n) is 6.75. The van der Waals surface area contributed by atoms with Crippen LogP contribution in [0.25, 0.3) is 11.3 Å². The number of aromatic nitrogens is 1. The van der Waals surface area contributed by atoms with Crippen LogP contribution in [0.4, 0.5) is 0 Å². The molecule has 126 valence electrons. The van der Waals surface area contributed by atoms with Crippen LogP contribution >= 0.6 is 31.3 Å². The Hall–Kier alpha value is -0.950. The van der Waals surface area contributed by atoms with Crippen LogP contribution < -0.4 is 4.74 Å². The Labute approximate surface area is 144 Å². The fraction of sp³-hybridized carbons (Fsp3) is 0.357. The van der Waals surface area contributed by atoms with Gasteiger partial charge in [-0.2, -0.15) is 0 Å². The smallest absolute Gasteiger partial charge is 0.362 e. The van der Waals surface area contributed by atoms with E-state index in [0.29, 0.717) is 5.75 Å². The van der Waals surface area contributed by atoms with Gasteiger partial charge >= 0.3 is 7.60 Å². The molecule has 1 aromatic heterocycles. The SMILES string of the molecule is CN(C)Cc1ccc(OCP(=O)(O)O)c2c1Cc1scnc1-2.Cl. The molecule has 0 bridgehead atoms. The molecule has 1 aliphatic carbocycles. The van der Waals surface area contributed by atoms with E-state index < -0.39 is 13.9 Å². The van der Waals surface area contributed by atoms with Gasteiger partial charge in [-0.15, -0.1) is 23.7 Å². The van der Waals surface area contributed by atoms with Gasteiger partial charge in [-0.25, -0.2) is 4.98 Å². The molecule has 1 aromatic carbocycles. The number of ether oxygens (including phenoxy) is 1.